The average Bonchev–Trinajstić information content (AvgIpc) is 3.06. The molecule has 0 aromatic heterocycles. The van der Waals surface area contributed by atoms with Crippen LogP contribution in [0.3, 0.4) is 0 Å². The minimum absolute atomic E-state index is 0.0942. The van der Waals surface area contributed by atoms with Crippen molar-refractivity contribution in [2.75, 3.05) is 33.0 Å². The Balaban J connectivity index is 4.15. The summed E-state index contributed by atoms with van der Waals surface area (Å²) in [7, 11) is -4.28. The molecule has 8 nitrogen and oxygen atoms in total. The Bertz CT molecular complexity index is 859. The molecular weight excluding hydrogens is 613 g/mol. The standard InChI is InChI=1S/C38H70NO7P/c1-3-5-7-9-11-13-15-17-19-21-23-25-27-29-31-38(40)46-37(36-45-47(41,42)44-34-32-39)35-43-33-30-28-26-24-22-20-18-16-14-12-10-8-6-4-2/h8-11,14-17,37H,3-7,12-13,18-36,39H2,1-2H3,(H,41,42)/b10-8-,11-9-,16-14-,17-15-. The van der Waals surface area contributed by atoms with Gasteiger partial charge in [-0.1, -0.05) is 127 Å². The summed E-state index contributed by atoms with van der Waals surface area (Å²) in [6.07, 6.45) is 39.7. The first-order valence-electron chi connectivity index (χ1n) is 18.6. The van der Waals surface area contributed by atoms with Gasteiger partial charge >= 0.3 is 13.8 Å². The number of hydrogen-bond acceptors (Lipinski definition) is 7. The molecule has 3 N–H and O–H groups in total. The lowest BCUT2D eigenvalue weighted by Crippen LogP contribution is -2.28. The summed E-state index contributed by atoms with van der Waals surface area (Å²) in [5, 5.41) is 0. The fourth-order valence-corrected chi connectivity index (χ4v) is 5.46. The molecule has 0 fully saturated rings. The number of ether oxygens (including phenoxy) is 2. The highest BCUT2D eigenvalue weighted by Gasteiger charge is 2.25. The first-order valence-corrected chi connectivity index (χ1v) is 20.1. The summed E-state index contributed by atoms with van der Waals surface area (Å²) in [6.45, 7) is 4.75. The Morgan fingerprint density at radius 3 is 1.74 bits per heavy atom. The van der Waals surface area contributed by atoms with E-state index in [1.54, 1.807) is 0 Å². The number of allylic oxidation sites excluding steroid dienone is 8. The third-order valence-electron chi connectivity index (χ3n) is 7.45. The Hall–Kier alpha value is -1.54. The van der Waals surface area contributed by atoms with E-state index in [0.717, 1.165) is 83.5 Å². The van der Waals surface area contributed by atoms with Gasteiger partial charge in [-0.15, -0.1) is 0 Å². The molecule has 0 radical (unpaired) electrons. The molecule has 0 saturated carbocycles. The second-order valence-electron chi connectivity index (χ2n) is 12.1. The van der Waals surface area contributed by atoms with Crippen LogP contribution < -0.4 is 5.73 Å². The lowest BCUT2D eigenvalue weighted by Gasteiger charge is -2.20. The van der Waals surface area contributed by atoms with Gasteiger partial charge in [0.15, 0.2) is 0 Å². The van der Waals surface area contributed by atoms with Gasteiger partial charge in [-0.25, -0.2) is 4.57 Å². The Morgan fingerprint density at radius 1 is 0.638 bits per heavy atom. The third-order valence-corrected chi connectivity index (χ3v) is 8.43. The highest BCUT2D eigenvalue weighted by atomic mass is 31.2. The van der Waals surface area contributed by atoms with Gasteiger partial charge in [0.1, 0.15) is 6.10 Å². The Kier molecular flexibility index (Phi) is 34.6. The molecule has 0 bridgehead atoms. The number of rotatable bonds is 35. The van der Waals surface area contributed by atoms with Crippen molar-refractivity contribution in [2.45, 2.75) is 155 Å². The van der Waals surface area contributed by atoms with Crippen LogP contribution in [0.5, 0.6) is 0 Å². The number of phosphoric ester groups is 1. The SMILES string of the molecule is CCC/C=C\C/C=C\CCCCCCCCOCC(COP(=O)(O)OCCN)OC(=O)CCCCCCC/C=C\C/C=C\CCCC. The van der Waals surface area contributed by atoms with E-state index < -0.39 is 13.9 Å². The maximum absolute atomic E-state index is 12.5. The van der Waals surface area contributed by atoms with Gasteiger partial charge in [0.25, 0.3) is 0 Å². The smallest absolute Gasteiger partial charge is 0.457 e. The molecule has 0 aliphatic rings. The van der Waals surface area contributed by atoms with Crippen LogP contribution in [0.15, 0.2) is 48.6 Å². The summed E-state index contributed by atoms with van der Waals surface area (Å²) < 4.78 is 33.2. The van der Waals surface area contributed by atoms with Crippen LogP contribution in [-0.4, -0.2) is 49.9 Å². The van der Waals surface area contributed by atoms with Gasteiger partial charge in [0, 0.05) is 19.6 Å². The number of carbonyl (C=O) groups excluding carboxylic acids is 1. The molecule has 274 valence electrons. The lowest BCUT2D eigenvalue weighted by molar-refractivity contribution is -0.154. The highest BCUT2D eigenvalue weighted by Crippen LogP contribution is 2.43. The predicted molar refractivity (Wildman–Crippen MR) is 196 cm³/mol. The zero-order valence-electron chi connectivity index (χ0n) is 30.0. The van der Waals surface area contributed by atoms with Gasteiger partial charge in [-0.2, -0.15) is 0 Å². The summed E-state index contributed by atoms with van der Waals surface area (Å²) >= 11 is 0. The molecule has 2 atom stereocenters. The van der Waals surface area contributed by atoms with Gasteiger partial charge in [-0.3, -0.25) is 13.8 Å². The molecule has 0 aliphatic carbocycles. The molecule has 0 spiro atoms. The molecule has 47 heavy (non-hydrogen) atoms. The highest BCUT2D eigenvalue weighted by molar-refractivity contribution is 7.47. The van der Waals surface area contributed by atoms with Crippen molar-refractivity contribution < 1.29 is 32.8 Å². The van der Waals surface area contributed by atoms with E-state index in [4.69, 9.17) is 24.3 Å². The number of carbonyl (C=O) groups is 1. The molecule has 0 saturated heterocycles. The van der Waals surface area contributed by atoms with E-state index in [1.807, 2.05) is 0 Å². The average molecular weight is 684 g/mol. The van der Waals surface area contributed by atoms with E-state index in [0.29, 0.717) is 13.0 Å². The van der Waals surface area contributed by atoms with Crippen molar-refractivity contribution in [2.24, 2.45) is 5.73 Å². The Labute approximate surface area is 288 Å². The molecule has 0 amide bonds. The topological polar surface area (TPSA) is 117 Å². The number of unbranched alkanes of at least 4 members (excludes halogenated alkanes) is 14. The van der Waals surface area contributed by atoms with E-state index in [9.17, 15) is 14.3 Å². The van der Waals surface area contributed by atoms with Gasteiger partial charge in [-0.05, 0) is 64.2 Å². The molecule has 9 heteroatoms. The number of hydrogen-bond donors (Lipinski definition) is 2. The zero-order chi connectivity index (χ0) is 34.5. The second-order valence-corrected chi connectivity index (χ2v) is 13.5. The van der Waals surface area contributed by atoms with Crippen LogP contribution in [0.2, 0.25) is 0 Å². The number of nitrogens with two attached hydrogens (primary N) is 1. The van der Waals surface area contributed by atoms with Crippen LogP contribution in [0.1, 0.15) is 149 Å². The molecule has 0 aliphatic heterocycles. The van der Waals surface area contributed by atoms with E-state index in [-0.39, 0.29) is 32.3 Å². The van der Waals surface area contributed by atoms with E-state index >= 15 is 0 Å². The maximum Gasteiger partial charge on any atom is 0.472 e. The molecular formula is C38H70NO7P. The quantitative estimate of drug-likeness (QED) is 0.0293. The summed E-state index contributed by atoms with van der Waals surface area (Å²) in [5.41, 5.74) is 5.35. The minimum atomic E-state index is -4.28. The van der Waals surface area contributed by atoms with E-state index in [2.05, 4.69) is 62.5 Å². The van der Waals surface area contributed by atoms with Crippen molar-refractivity contribution in [1.82, 2.24) is 0 Å². The third kappa shape index (κ3) is 35.6. The fourth-order valence-electron chi connectivity index (χ4n) is 4.70. The molecule has 0 aromatic rings. The van der Waals surface area contributed by atoms with Crippen molar-refractivity contribution >= 4 is 13.8 Å². The van der Waals surface area contributed by atoms with Crippen molar-refractivity contribution in [3.05, 3.63) is 48.6 Å². The van der Waals surface area contributed by atoms with Crippen LogP contribution in [0.4, 0.5) is 0 Å². The van der Waals surface area contributed by atoms with Crippen LogP contribution in [-0.2, 0) is 27.9 Å². The van der Waals surface area contributed by atoms with Crippen molar-refractivity contribution in [3.8, 4) is 0 Å². The molecule has 0 aromatic carbocycles. The Morgan fingerprint density at radius 2 is 1.17 bits per heavy atom. The largest absolute Gasteiger partial charge is 0.472 e. The second kappa shape index (κ2) is 35.8. The van der Waals surface area contributed by atoms with Gasteiger partial charge in [0.05, 0.1) is 19.8 Å². The first kappa shape index (κ1) is 45.5. The van der Waals surface area contributed by atoms with Gasteiger partial charge < -0.3 is 20.1 Å². The van der Waals surface area contributed by atoms with Crippen LogP contribution >= 0.6 is 7.82 Å². The summed E-state index contributed by atoms with van der Waals surface area (Å²) in [5.74, 6) is -0.351. The zero-order valence-corrected chi connectivity index (χ0v) is 30.9. The van der Waals surface area contributed by atoms with Crippen molar-refractivity contribution in [3.63, 3.8) is 0 Å². The van der Waals surface area contributed by atoms with Crippen LogP contribution in [0, 0.1) is 0 Å². The molecule has 0 heterocycles. The maximum atomic E-state index is 12.5. The fraction of sp³-hybridized carbons (Fsp3) is 0.763. The van der Waals surface area contributed by atoms with E-state index in [1.165, 1.54) is 44.9 Å². The monoisotopic (exact) mass is 683 g/mol. The predicted octanol–water partition coefficient (Wildman–Crippen LogP) is 10.5. The minimum Gasteiger partial charge on any atom is -0.457 e. The lowest BCUT2D eigenvalue weighted by atomic mass is 10.1. The van der Waals surface area contributed by atoms with Crippen molar-refractivity contribution in [1.29, 1.82) is 0 Å². The number of esters is 1. The van der Waals surface area contributed by atoms with Crippen LogP contribution in [0.25, 0.3) is 0 Å². The molecule has 0 rings (SSSR count). The summed E-state index contributed by atoms with van der Waals surface area (Å²) in [6, 6.07) is 0. The number of phosphoric acid groups is 1. The molecule has 2 unspecified atom stereocenters. The normalized spacial score (nSPS) is 14.2. The van der Waals surface area contributed by atoms with Gasteiger partial charge in [0.2, 0.25) is 0 Å². The summed E-state index contributed by atoms with van der Waals surface area (Å²) in [4.78, 5) is 22.4. The first-order chi connectivity index (χ1) is 22.9.